The Bertz CT molecular complexity index is 472. The van der Waals surface area contributed by atoms with Gasteiger partial charge < -0.3 is 20.5 Å². The van der Waals surface area contributed by atoms with Crippen molar-refractivity contribution in [1.29, 1.82) is 0 Å². The Morgan fingerprint density at radius 1 is 0.917 bits per heavy atom. The van der Waals surface area contributed by atoms with Gasteiger partial charge in [0.25, 0.3) is 0 Å². The first kappa shape index (κ1) is 22.4. The van der Waals surface area contributed by atoms with Crippen LogP contribution in [-0.2, 0) is 23.9 Å². The van der Waals surface area contributed by atoms with Crippen LogP contribution in [0.2, 0.25) is 0 Å². The van der Waals surface area contributed by atoms with Gasteiger partial charge in [-0.2, -0.15) is 0 Å². The van der Waals surface area contributed by atoms with Crippen molar-refractivity contribution in [2.24, 2.45) is 5.73 Å². The summed E-state index contributed by atoms with van der Waals surface area (Å²) in [5.41, 5.74) is 3.30. The van der Waals surface area contributed by atoms with Gasteiger partial charge in [-0.25, -0.2) is 4.79 Å². The zero-order chi connectivity index (χ0) is 19.3. The topological polar surface area (TPSA) is 108 Å². The smallest absolute Gasteiger partial charge is 0.331 e. The minimum atomic E-state index is -1.17. The molecule has 0 aliphatic rings. The van der Waals surface area contributed by atoms with Crippen molar-refractivity contribution in [3.05, 3.63) is 0 Å². The lowest BCUT2D eigenvalue weighted by Gasteiger charge is -2.29. The van der Waals surface area contributed by atoms with Gasteiger partial charge in [-0.15, -0.1) is 0 Å². The predicted molar refractivity (Wildman–Crippen MR) is 91.1 cm³/mol. The van der Waals surface area contributed by atoms with E-state index in [4.69, 9.17) is 15.2 Å². The summed E-state index contributed by atoms with van der Waals surface area (Å²) in [6, 6.07) is -0.889. The standard InChI is InChI=1S/C17H32N2O5/c1-15(2,3)23-13(21)11(18)9-10-12(20)19-17(7,8)14(22)24-16(4,5)6/h11H,9-10,18H2,1-8H3,(H,19,20)/t11-/m0/s1. The first-order valence-electron chi connectivity index (χ1n) is 8.06. The van der Waals surface area contributed by atoms with Crippen molar-refractivity contribution in [3.8, 4) is 0 Å². The number of nitrogens with one attached hydrogen (secondary N) is 1. The summed E-state index contributed by atoms with van der Waals surface area (Å²) in [6.45, 7) is 13.6. The first-order valence-corrected chi connectivity index (χ1v) is 8.06. The number of hydrogen-bond donors (Lipinski definition) is 2. The van der Waals surface area contributed by atoms with Crippen LogP contribution in [-0.4, -0.2) is 40.6 Å². The molecule has 0 aromatic heterocycles. The molecule has 0 fully saturated rings. The summed E-state index contributed by atoms with van der Waals surface area (Å²) in [4.78, 5) is 35.9. The van der Waals surface area contributed by atoms with Crippen LogP contribution in [0.25, 0.3) is 0 Å². The van der Waals surface area contributed by atoms with Crippen molar-refractivity contribution in [3.63, 3.8) is 0 Å². The molecule has 1 atom stereocenters. The van der Waals surface area contributed by atoms with Crippen molar-refractivity contribution >= 4 is 17.8 Å². The number of hydrogen-bond acceptors (Lipinski definition) is 6. The zero-order valence-electron chi connectivity index (χ0n) is 16.1. The number of ether oxygens (including phenoxy) is 2. The van der Waals surface area contributed by atoms with E-state index in [0.29, 0.717) is 0 Å². The van der Waals surface area contributed by atoms with Gasteiger partial charge in [0, 0.05) is 6.42 Å². The Kier molecular flexibility index (Phi) is 7.42. The molecule has 0 saturated carbocycles. The molecule has 0 bridgehead atoms. The molecule has 0 unspecified atom stereocenters. The summed E-state index contributed by atoms with van der Waals surface area (Å²) in [5, 5.41) is 2.60. The highest BCUT2D eigenvalue weighted by Crippen LogP contribution is 2.15. The molecule has 0 aromatic rings. The molecule has 24 heavy (non-hydrogen) atoms. The van der Waals surface area contributed by atoms with Crippen LogP contribution in [0.1, 0.15) is 68.2 Å². The molecule has 0 rings (SSSR count). The monoisotopic (exact) mass is 344 g/mol. The third kappa shape index (κ3) is 9.50. The minimum Gasteiger partial charge on any atom is -0.459 e. The molecule has 0 saturated heterocycles. The fourth-order valence-electron chi connectivity index (χ4n) is 1.65. The van der Waals surface area contributed by atoms with E-state index in [2.05, 4.69) is 5.32 Å². The number of carbonyl (C=O) groups excluding carboxylic acids is 3. The molecule has 0 aliphatic carbocycles. The SMILES string of the molecule is CC(C)(C)OC(=O)[C@@H](N)CCC(=O)NC(C)(C)C(=O)OC(C)(C)C. The maximum Gasteiger partial charge on any atom is 0.331 e. The van der Waals surface area contributed by atoms with E-state index < -0.39 is 34.7 Å². The third-order valence-electron chi connectivity index (χ3n) is 2.75. The van der Waals surface area contributed by atoms with E-state index in [1.807, 2.05) is 0 Å². The van der Waals surface area contributed by atoms with Crippen molar-refractivity contribution in [2.45, 2.75) is 91.0 Å². The second-order valence-corrected chi connectivity index (χ2v) is 8.35. The average Bonchev–Trinajstić information content (AvgIpc) is 2.31. The lowest BCUT2D eigenvalue weighted by atomic mass is 10.0. The normalized spacial score (nSPS) is 13.9. The van der Waals surface area contributed by atoms with Crippen LogP contribution in [0.3, 0.4) is 0 Å². The molecule has 1 amide bonds. The average molecular weight is 344 g/mol. The number of carbonyl (C=O) groups is 3. The van der Waals surface area contributed by atoms with Crippen LogP contribution < -0.4 is 11.1 Å². The van der Waals surface area contributed by atoms with Gasteiger partial charge in [0.05, 0.1) is 0 Å². The predicted octanol–water partition coefficient (Wildman–Crippen LogP) is 1.67. The van der Waals surface area contributed by atoms with E-state index in [9.17, 15) is 14.4 Å². The van der Waals surface area contributed by atoms with Crippen molar-refractivity contribution in [2.75, 3.05) is 0 Å². The highest BCUT2D eigenvalue weighted by molar-refractivity contribution is 5.87. The fourth-order valence-corrected chi connectivity index (χ4v) is 1.65. The van der Waals surface area contributed by atoms with Gasteiger partial charge in [0.1, 0.15) is 22.8 Å². The van der Waals surface area contributed by atoms with Gasteiger partial charge in [-0.05, 0) is 61.8 Å². The highest BCUT2D eigenvalue weighted by Gasteiger charge is 2.34. The van der Waals surface area contributed by atoms with Gasteiger partial charge in [0.15, 0.2) is 0 Å². The molecule has 0 aromatic carbocycles. The molecule has 7 nitrogen and oxygen atoms in total. The van der Waals surface area contributed by atoms with E-state index in [1.54, 1.807) is 55.4 Å². The Morgan fingerprint density at radius 3 is 1.79 bits per heavy atom. The van der Waals surface area contributed by atoms with Crippen LogP contribution >= 0.6 is 0 Å². The molecule has 0 aliphatic heterocycles. The second kappa shape index (κ2) is 7.96. The largest absolute Gasteiger partial charge is 0.459 e. The zero-order valence-corrected chi connectivity index (χ0v) is 16.1. The quantitative estimate of drug-likeness (QED) is 0.710. The highest BCUT2D eigenvalue weighted by atomic mass is 16.6. The minimum absolute atomic E-state index is 0.00658. The van der Waals surface area contributed by atoms with Gasteiger partial charge in [0.2, 0.25) is 5.91 Å². The summed E-state index contributed by atoms with van der Waals surface area (Å²) in [5.74, 6) is -1.47. The van der Waals surface area contributed by atoms with Crippen LogP contribution in [0.15, 0.2) is 0 Å². The molecule has 0 spiro atoms. The molecular formula is C17H32N2O5. The van der Waals surface area contributed by atoms with Crippen molar-refractivity contribution < 1.29 is 23.9 Å². The van der Waals surface area contributed by atoms with E-state index in [-0.39, 0.29) is 18.7 Å². The second-order valence-electron chi connectivity index (χ2n) is 8.35. The number of rotatable bonds is 6. The first-order chi connectivity index (χ1) is 10.5. The van der Waals surface area contributed by atoms with Gasteiger partial charge in [-0.1, -0.05) is 0 Å². The Hall–Kier alpha value is -1.63. The molecule has 0 radical (unpaired) electrons. The number of nitrogens with two attached hydrogens (primary N) is 1. The summed E-state index contributed by atoms with van der Waals surface area (Å²) >= 11 is 0. The molecule has 3 N–H and O–H groups in total. The summed E-state index contributed by atoms with van der Waals surface area (Å²) in [7, 11) is 0. The Morgan fingerprint density at radius 2 is 1.38 bits per heavy atom. The van der Waals surface area contributed by atoms with Crippen LogP contribution in [0.5, 0.6) is 0 Å². The number of amides is 1. The fraction of sp³-hybridized carbons (Fsp3) is 0.824. The van der Waals surface area contributed by atoms with Crippen molar-refractivity contribution in [1.82, 2.24) is 5.32 Å². The lowest BCUT2D eigenvalue weighted by molar-refractivity contribution is -0.163. The maximum atomic E-state index is 12.1. The molecule has 7 heteroatoms. The van der Waals surface area contributed by atoms with Gasteiger partial charge >= 0.3 is 11.9 Å². The molecular weight excluding hydrogens is 312 g/mol. The van der Waals surface area contributed by atoms with Crippen LogP contribution in [0.4, 0.5) is 0 Å². The Balaban J connectivity index is 4.48. The van der Waals surface area contributed by atoms with E-state index in [0.717, 1.165) is 0 Å². The summed E-state index contributed by atoms with van der Waals surface area (Å²) in [6.07, 6.45) is 0.137. The lowest BCUT2D eigenvalue weighted by Crippen LogP contribution is -2.52. The maximum absolute atomic E-state index is 12.1. The Labute approximate surface area is 144 Å². The summed E-state index contributed by atoms with van der Waals surface area (Å²) < 4.78 is 10.4. The number of esters is 2. The molecule has 140 valence electrons. The van der Waals surface area contributed by atoms with E-state index >= 15 is 0 Å². The third-order valence-corrected chi connectivity index (χ3v) is 2.75. The van der Waals surface area contributed by atoms with Crippen LogP contribution in [0, 0.1) is 0 Å². The van der Waals surface area contributed by atoms with Gasteiger partial charge in [-0.3, -0.25) is 9.59 Å². The molecule has 0 heterocycles. The van der Waals surface area contributed by atoms with E-state index in [1.165, 1.54) is 0 Å².